The van der Waals surface area contributed by atoms with Crippen LogP contribution in [-0.2, 0) is 4.79 Å². The van der Waals surface area contributed by atoms with Gasteiger partial charge in [-0.2, -0.15) is 0 Å². The zero-order valence-electron chi connectivity index (χ0n) is 7.13. The van der Waals surface area contributed by atoms with E-state index in [1.54, 1.807) is 6.92 Å². The summed E-state index contributed by atoms with van der Waals surface area (Å²) < 4.78 is 0. The monoisotopic (exact) mass is 153 g/mol. The Hall–Kier alpha value is -0.370. The van der Waals surface area contributed by atoms with Crippen LogP contribution >= 0.6 is 0 Å². The third kappa shape index (κ3) is 0.924. The standard InChI is InChI=1S/C9H15NO/c1-5-3-7-8(5)4-10-9(7)6(2)11/h5,7-10H,3-4H2,1-2H3/t5?,7-,8+,9+/m0/s1. The van der Waals surface area contributed by atoms with Crippen molar-refractivity contribution < 1.29 is 4.79 Å². The summed E-state index contributed by atoms with van der Waals surface area (Å²) in [5, 5.41) is 3.30. The third-order valence-electron chi connectivity index (χ3n) is 3.36. The molecule has 11 heavy (non-hydrogen) atoms. The molecule has 1 N–H and O–H groups in total. The van der Waals surface area contributed by atoms with E-state index in [0.717, 1.165) is 18.4 Å². The molecule has 2 heteroatoms. The Bertz CT molecular complexity index is 190. The molecule has 1 aliphatic carbocycles. The van der Waals surface area contributed by atoms with Crippen LogP contribution in [0.5, 0.6) is 0 Å². The van der Waals surface area contributed by atoms with Crippen LogP contribution in [0.1, 0.15) is 20.3 Å². The SMILES string of the molecule is CC(=O)[C@H]1NC[C@@H]2C(C)C[C@H]12. The number of fused-ring (bicyclic) bond motifs is 1. The van der Waals surface area contributed by atoms with Gasteiger partial charge in [-0.05, 0) is 37.6 Å². The first kappa shape index (κ1) is 7.29. The van der Waals surface area contributed by atoms with Gasteiger partial charge in [-0.15, -0.1) is 0 Å². The minimum Gasteiger partial charge on any atom is -0.307 e. The van der Waals surface area contributed by atoms with Crippen molar-refractivity contribution in [3.05, 3.63) is 0 Å². The molecule has 1 heterocycles. The molecule has 0 spiro atoms. The number of carbonyl (C=O) groups is 1. The molecule has 1 unspecified atom stereocenters. The normalized spacial score (nSPS) is 48.2. The highest BCUT2D eigenvalue weighted by molar-refractivity contribution is 5.82. The Labute approximate surface area is 67.4 Å². The first-order chi connectivity index (χ1) is 5.20. The smallest absolute Gasteiger partial charge is 0.146 e. The van der Waals surface area contributed by atoms with Gasteiger partial charge in [0.15, 0.2) is 0 Å². The van der Waals surface area contributed by atoms with E-state index in [-0.39, 0.29) is 6.04 Å². The molecule has 1 saturated carbocycles. The van der Waals surface area contributed by atoms with Crippen molar-refractivity contribution >= 4 is 5.78 Å². The van der Waals surface area contributed by atoms with Crippen LogP contribution in [0.4, 0.5) is 0 Å². The van der Waals surface area contributed by atoms with Crippen molar-refractivity contribution in [1.82, 2.24) is 5.32 Å². The van der Waals surface area contributed by atoms with Crippen molar-refractivity contribution in [1.29, 1.82) is 0 Å². The summed E-state index contributed by atoms with van der Waals surface area (Å²) in [7, 11) is 0. The Morgan fingerprint density at radius 2 is 2.18 bits per heavy atom. The van der Waals surface area contributed by atoms with E-state index >= 15 is 0 Å². The van der Waals surface area contributed by atoms with Crippen LogP contribution in [0.15, 0.2) is 0 Å². The number of hydrogen-bond donors (Lipinski definition) is 1. The molecule has 0 aromatic rings. The molecule has 4 atom stereocenters. The fourth-order valence-corrected chi connectivity index (χ4v) is 2.60. The number of carbonyl (C=O) groups excluding carboxylic acids is 1. The molecule has 62 valence electrons. The lowest BCUT2D eigenvalue weighted by Crippen LogP contribution is -2.41. The van der Waals surface area contributed by atoms with E-state index in [1.807, 2.05) is 0 Å². The lowest BCUT2D eigenvalue weighted by Gasteiger charge is -2.39. The van der Waals surface area contributed by atoms with Crippen LogP contribution in [0, 0.1) is 17.8 Å². The van der Waals surface area contributed by atoms with Crippen LogP contribution in [-0.4, -0.2) is 18.4 Å². The van der Waals surface area contributed by atoms with Crippen molar-refractivity contribution in [2.75, 3.05) is 6.54 Å². The van der Waals surface area contributed by atoms with Gasteiger partial charge in [0.2, 0.25) is 0 Å². The largest absolute Gasteiger partial charge is 0.307 e. The van der Waals surface area contributed by atoms with E-state index < -0.39 is 0 Å². The molecule has 2 rings (SSSR count). The zero-order chi connectivity index (χ0) is 8.01. The minimum atomic E-state index is 0.191. The minimum absolute atomic E-state index is 0.191. The van der Waals surface area contributed by atoms with Crippen molar-refractivity contribution in [3.63, 3.8) is 0 Å². The molecule has 1 saturated heterocycles. The van der Waals surface area contributed by atoms with Gasteiger partial charge in [0.05, 0.1) is 6.04 Å². The summed E-state index contributed by atoms with van der Waals surface area (Å²) in [6.07, 6.45) is 1.25. The second-order valence-corrected chi connectivity index (χ2v) is 4.04. The molecular formula is C9H15NO. The van der Waals surface area contributed by atoms with Gasteiger partial charge >= 0.3 is 0 Å². The van der Waals surface area contributed by atoms with Crippen LogP contribution in [0.2, 0.25) is 0 Å². The second-order valence-electron chi connectivity index (χ2n) is 4.04. The molecule has 0 amide bonds. The second kappa shape index (κ2) is 2.31. The summed E-state index contributed by atoms with van der Waals surface area (Å²) in [5.41, 5.74) is 0. The number of ketones is 1. The topological polar surface area (TPSA) is 29.1 Å². The maximum absolute atomic E-state index is 11.1. The number of Topliss-reactive ketones (excluding diaryl/α,β-unsaturated/α-hetero) is 1. The molecule has 2 aliphatic rings. The first-order valence-corrected chi connectivity index (χ1v) is 4.44. The van der Waals surface area contributed by atoms with Gasteiger partial charge < -0.3 is 5.32 Å². The maximum Gasteiger partial charge on any atom is 0.146 e. The fraction of sp³-hybridized carbons (Fsp3) is 0.889. The summed E-state index contributed by atoms with van der Waals surface area (Å²) in [6, 6.07) is 0.191. The maximum atomic E-state index is 11.1. The highest BCUT2D eigenvalue weighted by Crippen LogP contribution is 2.45. The summed E-state index contributed by atoms with van der Waals surface area (Å²) in [6.45, 7) is 5.05. The Kier molecular flexibility index (Phi) is 1.53. The molecule has 0 aromatic heterocycles. The third-order valence-corrected chi connectivity index (χ3v) is 3.36. The van der Waals surface area contributed by atoms with Crippen molar-refractivity contribution in [2.24, 2.45) is 17.8 Å². The van der Waals surface area contributed by atoms with Crippen LogP contribution in [0.25, 0.3) is 0 Å². The van der Waals surface area contributed by atoms with Crippen LogP contribution in [0.3, 0.4) is 0 Å². The van der Waals surface area contributed by atoms with E-state index in [0.29, 0.717) is 11.7 Å². The van der Waals surface area contributed by atoms with Gasteiger partial charge in [-0.1, -0.05) is 6.92 Å². The van der Waals surface area contributed by atoms with E-state index in [9.17, 15) is 4.79 Å². The molecule has 0 aromatic carbocycles. The Balaban J connectivity index is 2.04. The Morgan fingerprint density at radius 3 is 2.64 bits per heavy atom. The predicted molar refractivity (Wildman–Crippen MR) is 43.2 cm³/mol. The van der Waals surface area contributed by atoms with Gasteiger partial charge in [0.1, 0.15) is 5.78 Å². The quantitative estimate of drug-likeness (QED) is 0.604. The van der Waals surface area contributed by atoms with Gasteiger partial charge in [0.25, 0.3) is 0 Å². The molecule has 2 fully saturated rings. The zero-order valence-corrected chi connectivity index (χ0v) is 7.13. The van der Waals surface area contributed by atoms with Gasteiger partial charge in [-0.3, -0.25) is 4.79 Å². The molecule has 2 nitrogen and oxygen atoms in total. The van der Waals surface area contributed by atoms with E-state index in [2.05, 4.69) is 12.2 Å². The molecule has 0 bridgehead atoms. The molecule has 0 radical (unpaired) electrons. The van der Waals surface area contributed by atoms with Crippen molar-refractivity contribution in [3.8, 4) is 0 Å². The van der Waals surface area contributed by atoms with E-state index in [1.165, 1.54) is 6.42 Å². The molecular weight excluding hydrogens is 138 g/mol. The highest BCUT2D eigenvalue weighted by atomic mass is 16.1. The lowest BCUT2D eigenvalue weighted by molar-refractivity contribution is -0.120. The number of hydrogen-bond acceptors (Lipinski definition) is 2. The van der Waals surface area contributed by atoms with Gasteiger partial charge in [-0.25, -0.2) is 0 Å². The van der Waals surface area contributed by atoms with E-state index in [4.69, 9.17) is 0 Å². The fourth-order valence-electron chi connectivity index (χ4n) is 2.60. The Morgan fingerprint density at radius 1 is 1.45 bits per heavy atom. The average molecular weight is 153 g/mol. The summed E-state index contributed by atoms with van der Waals surface area (Å²) in [4.78, 5) is 11.1. The number of rotatable bonds is 1. The summed E-state index contributed by atoms with van der Waals surface area (Å²) in [5.74, 6) is 2.63. The highest BCUT2D eigenvalue weighted by Gasteiger charge is 2.48. The first-order valence-electron chi connectivity index (χ1n) is 4.44. The lowest BCUT2D eigenvalue weighted by atomic mass is 9.65. The number of nitrogens with one attached hydrogen (secondary N) is 1. The van der Waals surface area contributed by atoms with Gasteiger partial charge in [0, 0.05) is 0 Å². The van der Waals surface area contributed by atoms with Crippen LogP contribution < -0.4 is 5.32 Å². The molecule has 1 aliphatic heterocycles. The summed E-state index contributed by atoms with van der Waals surface area (Å²) >= 11 is 0. The predicted octanol–water partition coefficient (Wildman–Crippen LogP) is 0.819. The average Bonchev–Trinajstić information content (AvgIpc) is 2.25. The van der Waals surface area contributed by atoms with Crippen molar-refractivity contribution in [2.45, 2.75) is 26.3 Å².